The number of nitrogens with zero attached hydrogens (tertiary/aromatic N) is 3. The summed E-state index contributed by atoms with van der Waals surface area (Å²) >= 11 is 0. The third-order valence-corrected chi connectivity index (χ3v) is 4.40. The summed E-state index contributed by atoms with van der Waals surface area (Å²) in [6.07, 6.45) is 2.10. The first-order valence-corrected chi connectivity index (χ1v) is 9.10. The molecule has 0 aliphatic carbocycles. The molecule has 1 unspecified atom stereocenters. The maximum atomic E-state index is 4.49. The zero-order valence-corrected chi connectivity index (χ0v) is 18.7. The van der Waals surface area contributed by atoms with Gasteiger partial charge in [-0.15, -0.1) is 24.0 Å². The Balaban J connectivity index is 0.00000338. The Bertz CT molecular complexity index is 666. The van der Waals surface area contributed by atoms with Crippen LogP contribution in [-0.2, 0) is 6.54 Å². The molecule has 1 aromatic heterocycles. The van der Waals surface area contributed by atoms with E-state index in [-0.39, 0.29) is 24.0 Å². The van der Waals surface area contributed by atoms with E-state index in [1.54, 1.807) is 0 Å². The van der Waals surface area contributed by atoms with E-state index in [2.05, 4.69) is 75.7 Å². The molecular weight excluding hydrogens is 437 g/mol. The van der Waals surface area contributed by atoms with Crippen molar-refractivity contribution >= 4 is 29.9 Å². The van der Waals surface area contributed by atoms with E-state index in [4.69, 9.17) is 0 Å². The molecule has 0 aliphatic rings. The van der Waals surface area contributed by atoms with E-state index in [1.807, 2.05) is 14.0 Å². The highest BCUT2D eigenvalue weighted by molar-refractivity contribution is 14.0. The van der Waals surface area contributed by atoms with Gasteiger partial charge >= 0.3 is 0 Å². The predicted molar refractivity (Wildman–Crippen MR) is 121 cm³/mol. The molecule has 2 rings (SSSR count). The van der Waals surface area contributed by atoms with Crippen molar-refractivity contribution in [1.29, 1.82) is 0 Å². The van der Waals surface area contributed by atoms with Crippen LogP contribution in [0.4, 0.5) is 0 Å². The van der Waals surface area contributed by atoms with E-state index in [0.717, 1.165) is 44.1 Å². The molecule has 26 heavy (non-hydrogen) atoms. The fourth-order valence-corrected chi connectivity index (χ4v) is 2.91. The van der Waals surface area contributed by atoms with E-state index < -0.39 is 0 Å². The van der Waals surface area contributed by atoms with Crippen LogP contribution < -0.4 is 10.6 Å². The van der Waals surface area contributed by atoms with Crippen LogP contribution in [0.15, 0.2) is 41.4 Å². The molecule has 0 amide bonds. The van der Waals surface area contributed by atoms with E-state index in [9.17, 15) is 0 Å². The summed E-state index contributed by atoms with van der Waals surface area (Å²) in [4.78, 5) is 4.30. The second kappa shape index (κ2) is 11.9. The highest BCUT2D eigenvalue weighted by Crippen LogP contribution is 2.17. The van der Waals surface area contributed by atoms with Crippen molar-refractivity contribution < 1.29 is 0 Å². The number of rotatable bonds is 8. The first-order valence-electron chi connectivity index (χ1n) is 9.10. The number of aryl methyl sites for hydroxylation is 3. The monoisotopic (exact) mass is 469 g/mol. The number of halogens is 1. The molecule has 2 aromatic rings. The minimum atomic E-state index is 0. The van der Waals surface area contributed by atoms with E-state index in [1.165, 1.54) is 11.3 Å². The number of guanidine groups is 1. The lowest BCUT2D eigenvalue weighted by atomic mass is 9.98. The second-order valence-electron chi connectivity index (χ2n) is 6.53. The minimum absolute atomic E-state index is 0. The molecule has 0 saturated carbocycles. The third kappa shape index (κ3) is 7.35. The Morgan fingerprint density at radius 1 is 1.15 bits per heavy atom. The van der Waals surface area contributed by atoms with Crippen LogP contribution in [0.25, 0.3) is 0 Å². The Morgan fingerprint density at radius 2 is 1.85 bits per heavy atom. The van der Waals surface area contributed by atoms with Crippen LogP contribution in [-0.4, -0.2) is 35.9 Å². The average Bonchev–Trinajstić information content (AvgIpc) is 2.95. The highest BCUT2D eigenvalue weighted by Gasteiger charge is 2.05. The Labute approximate surface area is 174 Å². The zero-order chi connectivity index (χ0) is 18.1. The molecule has 0 fully saturated rings. The Kier molecular flexibility index (Phi) is 10.3. The summed E-state index contributed by atoms with van der Waals surface area (Å²) in [5, 5.41) is 11.3. The van der Waals surface area contributed by atoms with Gasteiger partial charge in [0.15, 0.2) is 5.96 Å². The number of hydrogen-bond acceptors (Lipinski definition) is 2. The molecule has 1 aromatic carbocycles. The molecule has 1 heterocycles. The number of benzene rings is 1. The van der Waals surface area contributed by atoms with Crippen LogP contribution in [0.1, 0.15) is 42.6 Å². The molecule has 1 atom stereocenters. The fraction of sp³-hybridized carbons (Fsp3) is 0.500. The molecule has 0 bridgehead atoms. The van der Waals surface area contributed by atoms with Crippen LogP contribution in [0, 0.1) is 13.8 Å². The van der Waals surface area contributed by atoms with Crippen LogP contribution in [0.3, 0.4) is 0 Å². The average molecular weight is 469 g/mol. The second-order valence-corrected chi connectivity index (χ2v) is 6.53. The molecule has 0 radical (unpaired) electrons. The van der Waals surface area contributed by atoms with Crippen molar-refractivity contribution in [2.45, 2.75) is 46.1 Å². The first-order chi connectivity index (χ1) is 12.1. The SMILES string of the molecule is CN=C(NCCCn1nc(C)cc1C)NCCC(C)c1ccccc1.I. The molecule has 0 aliphatic heterocycles. The first kappa shape index (κ1) is 22.5. The van der Waals surface area contributed by atoms with Gasteiger partial charge < -0.3 is 10.6 Å². The van der Waals surface area contributed by atoms with Crippen molar-refractivity contribution in [3.63, 3.8) is 0 Å². The van der Waals surface area contributed by atoms with E-state index >= 15 is 0 Å². The lowest BCUT2D eigenvalue weighted by Crippen LogP contribution is -2.38. The maximum Gasteiger partial charge on any atom is 0.190 e. The van der Waals surface area contributed by atoms with Crippen LogP contribution in [0.5, 0.6) is 0 Å². The summed E-state index contributed by atoms with van der Waals surface area (Å²) in [7, 11) is 1.82. The van der Waals surface area contributed by atoms with Gasteiger partial charge in [0.1, 0.15) is 0 Å². The largest absolute Gasteiger partial charge is 0.356 e. The van der Waals surface area contributed by atoms with Crippen molar-refractivity contribution in [1.82, 2.24) is 20.4 Å². The standard InChI is InChI=1S/C20H31N5.HI/c1-16(19-9-6-5-7-10-19)11-13-23-20(21-4)22-12-8-14-25-18(3)15-17(2)24-25;/h5-7,9-10,15-16H,8,11-14H2,1-4H3,(H2,21,22,23);1H. The van der Waals surface area contributed by atoms with Crippen molar-refractivity contribution in [2.24, 2.45) is 4.99 Å². The maximum absolute atomic E-state index is 4.49. The van der Waals surface area contributed by atoms with Gasteiger partial charge in [0.25, 0.3) is 0 Å². The molecule has 5 nitrogen and oxygen atoms in total. The van der Waals surface area contributed by atoms with Crippen molar-refractivity contribution in [3.8, 4) is 0 Å². The van der Waals surface area contributed by atoms with Crippen LogP contribution in [0.2, 0.25) is 0 Å². The third-order valence-electron chi connectivity index (χ3n) is 4.40. The molecule has 2 N–H and O–H groups in total. The summed E-state index contributed by atoms with van der Waals surface area (Å²) in [5.74, 6) is 1.41. The number of aromatic nitrogens is 2. The topological polar surface area (TPSA) is 54.2 Å². The summed E-state index contributed by atoms with van der Waals surface area (Å²) in [6.45, 7) is 9.11. The summed E-state index contributed by atoms with van der Waals surface area (Å²) < 4.78 is 2.06. The smallest absolute Gasteiger partial charge is 0.190 e. The summed E-state index contributed by atoms with van der Waals surface area (Å²) in [6, 6.07) is 12.8. The lowest BCUT2D eigenvalue weighted by Gasteiger charge is -2.15. The van der Waals surface area contributed by atoms with Crippen molar-refractivity contribution in [2.75, 3.05) is 20.1 Å². The molecule has 0 saturated heterocycles. The van der Waals surface area contributed by atoms with Crippen molar-refractivity contribution in [3.05, 3.63) is 53.3 Å². The quantitative estimate of drug-likeness (QED) is 0.267. The van der Waals surface area contributed by atoms with E-state index in [0.29, 0.717) is 5.92 Å². The van der Waals surface area contributed by atoms with Gasteiger partial charge in [0.2, 0.25) is 0 Å². The van der Waals surface area contributed by atoms with Gasteiger partial charge in [0.05, 0.1) is 5.69 Å². The highest BCUT2D eigenvalue weighted by atomic mass is 127. The molecule has 6 heteroatoms. The number of hydrogen-bond donors (Lipinski definition) is 2. The van der Waals surface area contributed by atoms with Gasteiger partial charge in [-0.2, -0.15) is 5.10 Å². The fourth-order valence-electron chi connectivity index (χ4n) is 2.91. The van der Waals surface area contributed by atoms with Gasteiger partial charge in [-0.05, 0) is 44.2 Å². The predicted octanol–water partition coefficient (Wildman–Crippen LogP) is 3.87. The van der Waals surface area contributed by atoms with Gasteiger partial charge in [-0.25, -0.2) is 0 Å². The zero-order valence-electron chi connectivity index (χ0n) is 16.3. The summed E-state index contributed by atoms with van der Waals surface area (Å²) in [5.41, 5.74) is 3.68. The molecular formula is C20H32IN5. The molecule has 0 spiro atoms. The van der Waals surface area contributed by atoms with Gasteiger partial charge in [-0.1, -0.05) is 37.3 Å². The van der Waals surface area contributed by atoms with Crippen LogP contribution >= 0.6 is 24.0 Å². The minimum Gasteiger partial charge on any atom is -0.356 e. The Morgan fingerprint density at radius 3 is 2.46 bits per heavy atom. The Hall–Kier alpha value is -1.57. The van der Waals surface area contributed by atoms with Gasteiger partial charge in [0, 0.05) is 32.4 Å². The molecule has 144 valence electrons. The normalized spacial score (nSPS) is 12.4. The lowest BCUT2D eigenvalue weighted by molar-refractivity contribution is 0.554. The number of nitrogens with one attached hydrogen (secondary N) is 2. The number of aliphatic imine (C=N–C) groups is 1. The van der Waals surface area contributed by atoms with Gasteiger partial charge in [-0.3, -0.25) is 9.67 Å².